The number of nitrogens with one attached hydrogen (secondary N) is 1. The molecule has 1 aliphatic rings. The Morgan fingerprint density at radius 3 is 2.21 bits per heavy atom. The van der Waals surface area contributed by atoms with E-state index in [1.807, 2.05) is 0 Å². The fourth-order valence-corrected chi connectivity index (χ4v) is 3.58. The van der Waals surface area contributed by atoms with Crippen LogP contribution in [0, 0.1) is 5.92 Å². The van der Waals surface area contributed by atoms with Gasteiger partial charge in [0.2, 0.25) is 5.91 Å². The van der Waals surface area contributed by atoms with Crippen LogP contribution in [0.3, 0.4) is 0 Å². The maximum Gasteiger partial charge on any atom is 0.416 e. The standard InChI is InChI=1S/C22H20F6N2O3/c1-33-18-6-2-5-17(11-18)29-19(31)13-4-3-7-30(12-13)20(32)14-8-15(21(23,24)25)10-16(9-14)22(26,27)28/h2,5-6,8-11,13H,3-4,7,12H2,1H3,(H,29,31). The van der Waals surface area contributed by atoms with Crippen LogP contribution in [0.25, 0.3) is 0 Å². The average molecular weight is 474 g/mol. The summed E-state index contributed by atoms with van der Waals surface area (Å²) in [7, 11) is 1.46. The molecule has 3 rings (SSSR count). The van der Waals surface area contributed by atoms with E-state index in [1.165, 1.54) is 7.11 Å². The van der Waals surface area contributed by atoms with E-state index in [0.717, 1.165) is 4.90 Å². The van der Waals surface area contributed by atoms with Gasteiger partial charge in [0.25, 0.3) is 5.91 Å². The minimum atomic E-state index is -5.06. The highest BCUT2D eigenvalue weighted by Crippen LogP contribution is 2.36. The summed E-state index contributed by atoms with van der Waals surface area (Å²) in [4.78, 5) is 26.6. The molecule has 1 fully saturated rings. The molecule has 5 nitrogen and oxygen atoms in total. The van der Waals surface area contributed by atoms with E-state index in [0.29, 0.717) is 36.4 Å². The molecule has 0 aromatic heterocycles. The smallest absolute Gasteiger partial charge is 0.416 e. The maximum atomic E-state index is 13.1. The van der Waals surface area contributed by atoms with Crippen LogP contribution in [-0.4, -0.2) is 36.9 Å². The van der Waals surface area contributed by atoms with E-state index in [1.54, 1.807) is 24.3 Å². The molecular formula is C22H20F6N2O3. The van der Waals surface area contributed by atoms with Crippen molar-refractivity contribution in [1.82, 2.24) is 4.90 Å². The number of alkyl halides is 6. The van der Waals surface area contributed by atoms with Crippen molar-refractivity contribution in [3.05, 3.63) is 59.2 Å². The Hall–Kier alpha value is -3.24. The Labute approximate surface area is 185 Å². The summed E-state index contributed by atoms with van der Waals surface area (Å²) in [5.41, 5.74) is -3.41. The fraction of sp³-hybridized carbons (Fsp3) is 0.364. The molecule has 178 valence electrons. The summed E-state index contributed by atoms with van der Waals surface area (Å²) in [5, 5.41) is 2.69. The van der Waals surface area contributed by atoms with Gasteiger partial charge in [0.15, 0.2) is 0 Å². The third kappa shape index (κ3) is 5.96. The number of amides is 2. The normalized spacial score (nSPS) is 16.9. The second-order valence-corrected chi connectivity index (χ2v) is 7.61. The van der Waals surface area contributed by atoms with E-state index < -0.39 is 46.8 Å². The number of carbonyl (C=O) groups excluding carboxylic acids is 2. The zero-order valence-corrected chi connectivity index (χ0v) is 17.4. The molecule has 0 bridgehead atoms. The zero-order valence-electron chi connectivity index (χ0n) is 17.4. The third-order valence-electron chi connectivity index (χ3n) is 5.25. The highest BCUT2D eigenvalue weighted by molar-refractivity contribution is 5.96. The first-order chi connectivity index (χ1) is 15.4. The number of likely N-dealkylation sites (tertiary alicyclic amines) is 1. The van der Waals surface area contributed by atoms with E-state index in [2.05, 4.69) is 5.32 Å². The SMILES string of the molecule is COc1cccc(NC(=O)C2CCCN(C(=O)c3cc(C(F)(F)F)cc(C(F)(F)F)c3)C2)c1. The molecule has 1 aliphatic heterocycles. The van der Waals surface area contributed by atoms with Crippen LogP contribution in [0.1, 0.15) is 34.3 Å². The molecule has 0 spiro atoms. The molecular weight excluding hydrogens is 454 g/mol. The van der Waals surface area contributed by atoms with Crippen LogP contribution in [0.15, 0.2) is 42.5 Å². The predicted molar refractivity (Wildman–Crippen MR) is 107 cm³/mol. The lowest BCUT2D eigenvalue weighted by Gasteiger charge is -2.32. The quantitative estimate of drug-likeness (QED) is 0.618. The van der Waals surface area contributed by atoms with Crippen molar-refractivity contribution >= 4 is 17.5 Å². The lowest BCUT2D eigenvalue weighted by molar-refractivity contribution is -0.143. The summed E-state index contributed by atoms with van der Waals surface area (Å²) in [6.45, 7) is -0.0222. The van der Waals surface area contributed by atoms with Crippen LogP contribution < -0.4 is 10.1 Å². The lowest BCUT2D eigenvalue weighted by Crippen LogP contribution is -2.43. The summed E-state index contributed by atoms with van der Waals surface area (Å²) in [6.07, 6.45) is -9.34. The average Bonchev–Trinajstić information content (AvgIpc) is 2.77. The van der Waals surface area contributed by atoms with Gasteiger partial charge in [-0.25, -0.2) is 0 Å². The number of halogens is 6. The number of piperidine rings is 1. The Bertz CT molecular complexity index is 1000. The van der Waals surface area contributed by atoms with E-state index in [4.69, 9.17) is 4.74 Å². The van der Waals surface area contributed by atoms with Gasteiger partial charge >= 0.3 is 12.4 Å². The summed E-state index contributed by atoms with van der Waals surface area (Å²) in [6, 6.07) is 7.34. The van der Waals surface area contributed by atoms with Gasteiger partial charge in [0, 0.05) is 30.4 Å². The number of ether oxygens (including phenoxy) is 1. The Balaban J connectivity index is 1.79. The molecule has 1 heterocycles. The zero-order chi connectivity index (χ0) is 24.4. The number of methoxy groups -OCH3 is 1. The number of carbonyl (C=O) groups is 2. The van der Waals surface area contributed by atoms with Gasteiger partial charge in [0.05, 0.1) is 24.2 Å². The highest BCUT2D eigenvalue weighted by Gasteiger charge is 2.38. The van der Waals surface area contributed by atoms with Gasteiger partial charge in [-0.1, -0.05) is 6.07 Å². The van der Waals surface area contributed by atoms with Gasteiger partial charge in [-0.15, -0.1) is 0 Å². The molecule has 2 aromatic carbocycles. The minimum absolute atomic E-state index is 0.0304. The predicted octanol–water partition coefficient (Wildman–Crippen LogP) is 5.22. The van der Waals surface area contributed by atoms with Crippen LogP contribution in [0.4, 0.5) is 32.0 Å². The van der Waals surface area contributed by atoms with Crippen molar-refractivity contribution < 1.29 is 40.7 Å². The molecule has 0 aliphatic carbocycles. The van der Waals surface area contributed by atoms with Crippen LogP contribution in [-0.2, 0) is 17.1 Å². The number of rotatable bonds is 4. The van der Waals surface area contributed by atoms with E-state index in [9.17, 15) is 35.9 Å². The molecule has 1 N–H and O–H groups in total. The third-order valence-corrected chi connectivity index (χ3v) is 5.25. The number of hydrogen-bond acceptors (Lipinski definition) is 3. The minimum Gasteiger partial charge on any atom is -0.497 e. The Morgan fingerprint density at radius 1 is 1.00 bits per heavy atom. The molecule has 2 amide bonds. The van der Waals surface area contributed by atoms with Crippen molar-refractivity contribution in [1.29, 1.82) is 0 Å². The van der Waals surface area contributed by atoms with Crippen molar-refractivity contribution in [2.75, 3.05) is 25.5 Å². The number of anilines is 1. The largest absolute Gasteiger partial charge is 0.497 e. The first-order valence-electron chi connectivity index (χ1n) is 9.92. The molecule has 2 aromatic rings. The Kier molecular flexibility index (Phi) is 6.89. The molecule has 0 saturated carbocycles. The lowest BCUT2D eigenvalue weighted by atomic mass is 9.95. The second kappa shape index (κ2) is 9.32. The second-order valence-electron chi connectivity index (χ2n) is 7.61. The van der Waals surface area contributed by atoms with Crippen molar-refractivity contribution in [3.8, 4) is 5.75 Å². The molecule has 0 radical (unpaired) electrons. The van der Waals surface area contributed by atoms with Crippen LogP contribution in [0.2, 0.25) is 0 Å². The van der Waals surface area contributed by atoms with Crippen molar-refractivity contribution in [2.24, 2.45) is 5.92 Å². The van der Waals surface area contributed by atoms with Crippen LogP contribution >= 0.6 is 0 Å². The molecule has 11 heteroatoms. The summed E-state index contributed by atoms with van der Waals surface area (Å²) in [5.74, 6) is -1.58. The highest BCUT2D eigenvalue weighted by atomic mass is 19.4. The fourth-order valence-electron chi connectivity index (χ4n) is 3.58. The number of hydrogen-bond donors (Lipinski definition) is 1. The molecule has 1 saturated heterocycles. The number of benzene rings is 2. The first kappa shape index (κ1) is 24.4. The molecule has 1 atom stereocenters. The monoisotopic (exact) mass is 474 g/mol. The van der Waals surface area contributed by atoms with Gasteiger partial charge < -0.3 is 15.0 Å². The van der Waals surface area contributed by atoms with Crippen molar-refractivity contribution in [2.45, 2.75) is 25.2 Å². The van der Waals surface area contributed by atoms with E-state index in [-0.39, 0.29) is 19.2 Å². The Morgan fingerprint density at radius 2 is 1.64 bits per heavy atom. The maximum absolute atomic E-state index is 13.1. The van der Waals surface area contributed by atoms with Gasteiger partial charge in [0.1, 0.15) is 5.75 Å². The topological polar surface area (TPSA) is 58.6 Å². The van der Waals surface area contributed by atoms with Gasteiger partial charge in [-0.3, -0.25) is 9.59 Å². The number of nitrogens with zero attached hydrogens (tertiary/aromatic N) is 1. The van der Waals surface area contributed by atoms with Crippen LogP contribution in [0.5, 0.6) is 5.75 Å². The summed E-state index contributed by atoms with van der Waals surface area (Å²) >= 11 is 0. The summed E-state index contributed by atoms with van der Waals surface area (Å²) < 4.78 is 83.8. The van der Waals surface area contributed by atoms with Crippen molar-refractivity contribution in [3.63, 3.8) is 0 Å². The van der Waals surface area contributed by atoms with Gasteiger partial charge in [-0.2, -0.15) is 26.3 Å². The molecule has 33 heavy (non-hydrogen) atoms. The first-order valence-corrected chi connectivity index (χ1v) is 9.92. The molecule has 1 unspecified atom stereocenters. The van der Waals surface area contributed by atoms with Gasteiger partial charge in [-0.05, 0) is 43.2 Å². The van der Waals surface area contributed by atoms with E-state index >= 15 is 0 Å².